The number of anilines is 2. The Balaban J connectivity index is 1.60. The van der Waals surface area contributed by atoms with Crippen molar-refractivity contribution in [2.75, 3.05) is 24.3 Å². The van der Waals surface area contributed by atoms with Crippen LogP contribution in [-0.4, -0.2) is 43.6 Å². The van der Waals surface area contributed by atoms with Crippen molar-refractivity contribution < 1.29 is 37.0 Å². The molecule has 2 N–H and O–H groups in total. The number of hydrogen-bond acceptors (Lipinski definition) is 6. The Morgan fingerprint density at radius 2 is 2.00 bits per heavy atom. The summed E-state index contributed by atoms with van der Waals surface area (Å²) in [5, 5.41) is 5.46. The number of ether oxygens (including phenoxy) is 3. The molecule has 1 aliphatic carbocycles. The van der Waals surface area contributed by atoms with E-state index in [1.54, 1.807) is 12.1 Å². The zero-order valence-corrected chi connectivity index (χ0v) is 17.0. The Hall–Kier alpha value is -2.65. The summed E-state index contributed by atoms with van der Waals surface area (Å²) in [6.07, 6.45) is -3.58. The molecular weight excluding hydrogens is 405 g/mol. The van der Waals surface area contributed by atoms with E-state index in [0.29, 0.717) is 30.3 Å². The lowest BCUT2D eigenvalue weighted by molar-refractivity contribution is -0.242. The van der Waals surface area contributed by atoms with E-state index in [4.69, 9.17) is 9.47 Å². The SMILES string of the molecule is COC(=O)[C@H](C[C@H]1CNc2cc(NC(=O)OC(C)(C)C(F)(F)F)ccc2O1)C1CC1. The lowest BCUT2D eigenvalue weighted by atomic mass is 9.95. The summed E-state index contributed by atoms with van der Waals surface area (Å²) in [6.45, 7) is 2.00. The fraction of sp³-hybridized carbons (Fsp3) is 0.600. The summed E-state index contributed by atoms with van der Waals surface area (Å²) in [5.74, 6) is 0.434. The van der Waals surface area contributed by atoms with Gasteiger partial charge in [-0.25, -0.2) is 4.79 Å². The molecule has 0 radical (unpaired) electrons. The molecule has 1 aromatic rings. The third-order valence-electron chi connectivity index (χ3n) is 5.28. The van der Waals surface area contributed by atoms with Crippen LogP contribution in [0.1, 0.15) is 33.1 Å². The number of nitrogens with one attached hydrogen (secondary N) is 2. The van der Waals surface area contributed by atoms with E-state index in [-0.39, 0.29) is 23.7 Å². The van der Waals surface area contributed by atoms with Crippen LogP contribution < -0.4 is 15.4 Å². The molecule has 0 saturated heterocycles. The van der Waals surface area contributed by atoms with Gasteiger partial charge in [0.15, 0.2) is 0 Å². The molecule has 0 spiro atoms. The van der Waals surface area contributed by atoms with Crippen molar-refractivity contribution >= 4 is 23.4 Å². The summed E-state index contributed by atoms with van der Waals surface area (Å²) < 4.78 is 53.9. The van der Waals surface area contributed by atoms with Gasteiger partial charge in [-0.3, -0.25) is 10.1 Å². The van der Waals surface area contributed by atoms with Crippen LogP contribution in [0.15, 0.2) is 18.2 Å². The number of alkyl halides is 3. The molecule has 3 rings (SSSR count). The van der Waals surface area contributed by atoms with Crippen molar-refractivity contribution in [3.63, 3.8) is 0 Å². The van der Waals surface area contributed by atoms with Gasteiger partial charge in [0.25, 0.3) is 0 Å². The monoisotopic (exact) mass is 430 g/mol. The zero-order chi connectivity index (χ0) is 22.1. The topological polar surface area (TPSA) is 85.9 Å². The molecule has 1 aromatic carbocycles. The molecule has 0 aromatic heterocycles. The van der Waals surface area contributed by atoms with E-state index in [1.807, 2.05) is 0 Å². The standard InChI is InChI=1S/C20H25F3N2O5/c1-19(2,20(21,22)23)30-18(27)25-12-6-7-16-15(8-12)24-10-13(29-16)9-14(11-4-5-11)17(26)28-3/h6-8,11,13-14,24H,4-5,9-10H2,1-3H3,(H,25,27)/t13-,14+/m0/s1. The Bertz CT molecular complexity index is 808. The van der Waals surface area contributed by atoms with Gasteiger partial charge >= 0.3 is 18.2 Å². The highest BCUT2D eigenvalue weighted by atomic mass is 19.4. The first-order valence-electron chi connectivity index (χ1n) is 9.69. The van der Waals surface area contributed by atoms with Crippen LogP contribution in [0.3, 0.4) is 0 Å². The van der Waals surface area contributed by atoms with Crippen LogP contribution in [0.2, 0.25) is 0 Å². The molecule has 7 nitrogen and oxygen atoms in total. The molecule has 10 heteroatoms. The van der Waals surface area contributed by atoms with Crippen LogP contribution in [0.25, 0.3) is 0 Å². The van der Waals surface area contributed by atoms with E-state index >= 15 is 0 Å². The third-order valence-corrected chi connectivity index (χ3v) is 5.28. The van der Waals surface area contributed by atoms with Crippen molar-refractivity contribution in [2.24, 2.45) is 11.8 Å². The fourth-order valence-electron chi connectivity index (χ4n) is 3.27. The predicted octanol–water partition coefficient (Wildman–Crippen LogP) is 4.34. The fourth-order valence-corrected chi connectivity index (χ4v) is 3.27. The molecular formula is C20H25F3N2O5. The minimum absolute atomic E-state index is 0.198. The van der Waals surface area contributed by atoms with Gasteiger partial charge in [-0.05, 0) is 57.2 Å². The van der Waals surface area contributed by atoms with Gasteiger partial charge in [0, 0.05) is 5.69 Å². The number of fused-ring (bicyclic) bond motifs is 1. The van der Waals surface area contributed by atoms with Gasteiger partial charge in [0.1, 0.15) is 11.9 Å². The molecule has 2 atom stereocenters. The molecule has 2 aliphatic rings. The van der Waals surface area contributed by atoms with Gasteiger partial charge in [-0.15, -0.1) is 0 Å². The number of hydrogen-bond donors (Lipinski definition) is 2. The second kappa shape index (κ2) is 8.23. The summed E-state index contributed by atoms with van der Waals surface area (Å²) in [5.41, 5.74) is -1.77. The number of benzene rings is 1. The summed E-state index contributed by atoms with van der Waals surface area (Å²) in [6, 6.07) is 4.65. The van der Waals surface area contributed by atoms with Crippen LogP contribution in [0.4, 0.5) is 29.3 Å². The highest BCUT2D eigenvalue weighted by molar-refractivity contribution is 5.86. The molecule has 0 unspecified atom stereocenters. The van der Waals surface area contributed by atoms with Crippen molar-refractivity contribution in [1.29, 1.82) is 0 Å². The van der Waals surface area contributed by atoms with Gasteiger partial charge < -0.3 is 19.5 Å². The maximum Gasteiger partial charge on any atom is 0.427 e. The van der Waals surface area contributed by atoms with Crippen molar-refractivity contribution in [3.05, 3.63) is 18.2 Å². The number of esters is 1. The Morgan fingerprint density at radius 1 is 1.30 bits per heavy atom. The molecule has 0 bridgehead atoms. The number of amides is 1. The summed E-state index contributed by atoms with van der Waals surface area (Å²) in [7, 11) is 1.38. The maximum absolute atomic E-state index is 12.9. The molecule has 1 saturated carbocycles. The van der Waals surface area contributed by atoms with E-state index < -0.39 is 17.9 Å². The highest BCUT2D eigenvalue weighted by Crippen LogP contribution is 2.41. The molecule has 30 heavy (non-hydrogen) atoms. The number of halogens is 3. The van der Waals surface area contributed by atoms with E-state index in [1.165, 1.54) is 13.2 Å². The number of rotatable bonds is 6. The summed E-state index contributed by atoms with van der Waals surface area (Å²) >= 11 is 0. The van der Waals surface area contributed by atoms with Crippen LogP contribution in [0, 0.1) is 11.8 Å². The Labute approximate surface area is 172 Å². The minimum Gasteiger partial charge on any atom is -0.486 e. The van der Waals surface area contributed by atoms with E-state index in [2.05, 4.69) is 15.4 Å². The average molecular weight is 430 g/mol. The van der Waals surface area contributed by atoms with Gasteiger partial charge in [-0.2, -0.15) is 13.2 Å². The molecule has 1 fully saturated rings. The maximum atomic E-state index is 12.9. The number of carbonyl (C=O) groups excluding carboxylic acids is 2. The van der Waals surface area contributed by atoms with Crippen LogP contribution >= 0.6 is 0 Å². The molecule has 1 aliphatic heterocycles. The first kappa shape index (κ1) is 22.0. The molecule has 1 amide bonds. The third kappa shape index (κ3) is 5.09. The second-order valence-corrected chi connectivity index (χ2v) is 8.06. The zero-order valence-electron chi connectivity index (χ0n) is 17.0. The lowest BCUT2D eigenvalue weighted by Gasteiger charge is -2.30. The average Bonchev–Trinajstić information content (AvgIpc) is 3.49. The van der Waals surface area contributed by atoms with Gasteiger partial charge in [0.05, 0.1) is 25.3 Å². The van der Waals surface area contributed by atoms with Crippen molar-refractivity contribution in [2.45, 2.75) is 51.0 Å². The van der Waals surface area contributed by atoms with Crippen molar-refractivity contribution in [1.82, 2.24) is 0 Å². The highest BCUT2D eigenvalue weighted by Gasteiger charge is 2.51. The first-order valence-corrected chi connectivity index (χ1v) is 9.69. The Morgan fingerprint density at radius 3 is 2.60 bits per heavy atom. The first-order chi connectivity index (χ1) is 14.0. The second-order valence-electron chi connectivity index (χ2n) is 8.06. The number of methoxy groups -OCH3 is 1. The van der Waals surface area contributed by atoms with Crippen LogP contribution in [-0.2, 0) is 14.3 Å². The molecule has 1 heterocycles. The van der Waals surface area contributed by atoms with E-state index in [0.717, 1.165) is 26.7 Å². The van der Waals surface area contributed by atoms with Crippen molar-refractivity contribution in [3.8, 4) is 5.75 Å². The van der Waals surface area contributed by atoms with Gasteiger partial charge in [0.2, 0.25) is 5.60 Å². The van der Waals surface area contributed by atoms with E-state index in [9.17, 15) is 22.8 Å². The molecule has 166 valence electrons. The van der Waals surface area contributed by atoms with Crippen LogP contribution in [0.5, 0.6) is 5.75 Å². The minimum atomic E-state index is -4.69. The normalized spacial score (nSPS) is 19.6. The lowest BCUT2D eigenvalue weighted by Crippen LogP contribution is -2.44. The largest absolute Gasteiger partial charge is 0.486 e. The quantitative estimate of drug-likeness (QED) is 0.653. The predicted molar refractivity (Wildman–Crippen MR) is 102 cm³/mol. The van der Waals surface area contributed by atoms with Gasteiger partial charge in [-0.1, -0.05) is 0 Å². The smallest absolute Gasteiger partial charge is 0.427 e. The Kier molecular flexibility index (Phi) is 6.05. The number of carbonyl (C=O) groups is 2. The summed E-state index contributed by atoms with van der Waals surface area (Å²) in [4.78, 5) is 23.8.